The summed E-state index contributed by atoms with van der Waals surface area (Å²) in [6.07, 6.45) is 1.20. The summed E-state index contributed by atoms with van der Waals surface area (Å²) in [5.74, 6) is -0.595. The van der Waals surface area contributed by atoms with Crippen LogP contribution in [0.2, 0.25) is 5.02 Å². The average Bonchev–Trinajstić information content (AvgIpc) is 2.79. The molecule has 2 N–H and O–H groups in total. The van der Waals surface area contributed by atoms with Crippen LogP contribution >= 0.6 is 11.6 Å². The van der Waals surface area contributed by atoms with Crippen molar-refractivity contribution < 1.29 is 17.9 Å². The van der Waals surface area contributed by atoms with E-state index in [1.165, 1.54) is 28.7 Å². The molecule has 2 aromatic rings. The normalized spacial score (nSPS) is 15.1. The van der Waals surface area contributed by atoms with Gasteiger partial charge in [-0.2, -0.15) is 9.57 Å². The molecule has 1 aliphatic heterocycles. The maximum absolute atomic E-state index is 12.9. The van der Waals surface area contributed by atoms with Crippen molar-refractivity contribution in [2.24, 2.45) is 0 Å². The maximum Gasteiger partial charge on any atom is 0.267 e. The van der Waals surface area contributed by atoms with Gasteiger partial charge in [0, 0.05) is 25.0 Å². The molecule has 0 aromatic heterocycles. The number of carbonyl (C=O) groups excluding carboxylic acids is 1. The Labute approximate surface area is 192 Å². The van der Waals surface area contributed by atoms with Crippen LogP contribution in [0.5, 0.6) is 0 Å². The van der Waals surface area contributed by atoms with Gasteiger partial charge in [-0.1, -0.05) is 23.7 Å². The Morgan fingerprint density at radius 2 is 1.91 bits per heavy atom. The van der Waals surface area contributed by atoms with E-state index in [0.29, 0.717) is 18.9 Å². The zero-order valence-corrected chi connectivity index (χ0v) is 19.3. The molecule has 168 valence electrons. The third-order valence-electron chi connectivity index (χ3n) is 5.14. The molecular formula is C22H23ClN4O4S. The van der Waals surface area contributed by atoms with Gasteiger partial charge in [0.25, 0.3) is 5.91 Å². The van der Waals surface area contributed by atoms with E-state index in [9.17, 15) is 18.5 Å². The molecule has 0 spiro atoms. The molecule has 1 amide bonds. The molecule has 0 bridgehead atoms. The van der Waals surface area contributed by atoms with Crippen molar-refractivity contribution in [3.8, 4) is 6.07 Å². The first-order valence-corrected chi connectivity index (χ1v) is 11.7. The van der Waals surface area contributed by atoms with Crippen LogP contribution in [0.4, 0.5) is 11.4 Å². The first kappa shape index (κ1) is 23.8. The van der Waals surface area contributed by atoms with Crippen LogP contribution in [0.25, 0.3) is 0 Å². The van der Waals surface area contributed by atoms with Crippen LogP contribution < -0.4 is 10.6 Å². The van der Waals surface area contributed by atoms with Crippen LogP contribution in [0.3, 0.4) is 0 Å². The zero-order chi connectivity index (χ0) is 23.3. The number of morpholine rings is 1. The number of halogens is 1. The van der Waals surface area contributed by atoms with Crippen LogP contribution in [0, 0.1) is 25.2 Å². The van der Waals surface area contributed by atoms with Gasteiger partial charge >= 0.3 is 0 Å². The molecule has 3 rings (SSSR count). The lowest BCUT2D eigenvalue weighted by atomic mass is 10.1. The monoisotopic (exact) mass is 474 g/mol. The lowest BCUT2D eigenvalue weighted by Gasteiger charge is -2.26. The minimum Gasteiger partial charge on any atom is -0.379 e. The number of nitriles is 1. The summed E-state index contributed by atoms with van der Waals surface area (Å²) < 4.78 is 32.3. The Kier molecular flexibility index (Phi) is 7.53. The highest BCUT2D eigenvalue weighted by atomic mass is 35.5. The maximum atomic E-state index is 12.9. The van der Waals surface area contributed by atoms with E-state index >= 15 is 0 Å². The molecular weight excluding hydrogens is 452 g/mol. The molecule has 0 atom stereocenters. The van der Waals surface area contributed by atoms with Crippen LogP contribution in [-0.4, -0.2) is 44.9 Å². The van der Waals surface area contributed by atoms with E-state index in [-0.39, 0.29) is 34.3 Å². The Bertz CT molecular complexity index is 1200. The zero-order valence-electron chi connectivity index (χ0n) is 17.7. The molecule has 0 unspecified atom stereocenters. The van der Waals surface area contributed by atoms with Gasteiger partial charge in [0.15, 0.2) is 0 Å². The summed E-state index contributed by atoms with van der Waals surface area (Å²) in [4.78, 5) is 12.6. The van der Waals surface area contributed by atoms with E-state index in [2.05, 4.69) is 10.6 Å². The minimum atomic E-state index is -3.72. The fraction of sp³-hybridized carbons (Fsp3) is 0.273. The molecule has 0 saturated carbocycles. The van der Waals surface area contributed by atoms with Crippen molar-refractivity contribution in [2.75, 3.05) is 36.9 Å². The fourth-order valence-electron chi connectivity index (χ4n) is 3.09. The minimum absolute atomic E-state index is 0.0537. The first-order chi connectivity index (χ1) is 15.2. The highest BCUT2D eigenvalue weighted by Gasteiger charge is 2.26. The van der Waals surface area contributed by atoms with Gasteiger partial charge in [-0.3, -0.25) is 4.79 Å². The standard InChI is InChI=1S/C22H23ClN4O4S/c1-15-4-3-5-20(16(15)2)26-22(28)17(13-24)14-25-21-12-18(6-7-19(21)23)32(29,30)27-8-10-31-11-9-27/h3-7,12,14,25H,8-11H2,1-2H3,(H,26,28)/b17-14-. The fourth-order valence-corrected chi connectivity index (χ4v) is 4.69. The number of amides is 1. The third kappa shape index (κ3) is 5.29. The summed E-state index contributed by atoms with van der Waals surface area (Å²) in [5.41, 5.74) is 2.58. The third-order valence-corrected chi connectivity index (χ3v) is 7.36. The van der Waals surface area contributed by atoms with Gasteiger partial charge in [-0.25, -0.2) is 8.42 Å². The van der Waals surface area contributed by atoms with Gasteiger partial charge in [-0.15, -0.1) is 0 Å². The predicted octanol–water partition coefficient (Wildman–Crippen LogP) is 3.44. The molecule has 32 heavy (non-hydrogen) atoms. The number of benzene rings is 2. The quantitative estimate of drug-likeness (QED) is 0.490. The van der Waals surface area contributed by atoms with Gasteiger partial charge in [0.05, 0.1) is 28.8 Å². The molecule has 1 fully saturated rings. The molecule has 10 heteroatoms. The van der Waals surface area contributed by atoms with Crippen molar-refractivity contribution >= 4 is 38.9 Å². The molecule has 2 aromatic carbocycles. The molecule has 1 aliphatic rings. The number of rotatable bonds is 6. The summed E-state index contributed by atoms with van der Waals surface area (Å²) in [7, 11) is -3.72. The Morgan fingerprint density at radius 3 is 2.59 bits per heavy atom. The van der Waals surface area contributed by atoms with E-state index < -0.39 is 15.9 Å². The second-order valence-electron chi connectivity index (χ2n) is 7.17. The predicted molar refractivity (Wildman–Crippen MR) is 123 cm³/mol. The average molecular weight is 475 g/mol. The summed E-state index contributed by atoms with van der Waals surface area (Å²) in [6, 6.07) is 11.6. The van der Waals surface area contributed by atoms with Crippen molar-refractivity contribution in [2.45, 2.75) is 18.7 Å². The SMILES string of the molecule is Cc1cccc(NC(=O)/C(C#N)=C\Nc2cc(S(=O)(=O)N3CCOCC3)ccc2Cl)c1C. The Hall–Kier alpha value is -2.90. The van der Waals surface area contributed by atoms with E-state index in [1.807, 2.05) is 32.0 Å². The second kappa shape index (κ2) is 10.1. The van der Waals surface area contributed by atoms with Crippen LogP contribution in [-0.2, 0) is 19.6 Å². The van der Waals surface area contributed by atoms with Gasteiger partial charge in [0.2, 0.25) is 10.0 Å². The van der Waals surface area contributed by atoms with Crippen molar-refractivity contribution in [1.82, 2.24) is 4.31 Å². The smallest absolute Gasteiger partial charge is 0.267 e. The van der Waals surface area contributed by atoms with E-state index in [0.717, 1.165) is 11.1 Å². The molecule has 0 radical (unpaired) electrons. The van der Waals surface area contributed by atoms with Crippen molar-refractivity contribution in [3.63, 3.8) is 0 Å². The summed E-state index contributed by atoms with van der Waals surface area (Å²) >= 11 is 6.20. The van der Waals surface area contributed by atoms with Gasteiger partial charge < -0.3 is 15.4 Å². The van der Waals surface area contributed by atoms with Gasteiger partial charge in [-0.05, 0) is 49.2 Å². The van der Waals surface area contributed by atoms with Crippen LogP contribution in [0.15, 0.2) is 53.1 Å². The topological polar surface area (TPSA) is 112 Å². The lowest BCUT2D eigenvalue weighted by Crippen LogP contribution is -2.40. The number of carbonyl (C=O) groups is 1. The second-order valence-corrected chi connectivity index (χ2v) is 9.52. The molecule has 8 nitrogen and oxygen atoms in total. The Morgan fingerprint density at radius 1 is 1.19 bits per heavy atom. The number of ether oxygens (including phenoxy) is 1. The molecule has 1 heterocycles. The number of aryl methyl sites for hydroxylation is 1. The number of sulfonamides is 1. The number of nitrogens with one attached hydrogen (secondary N) is 2. The van der Waals surface area contributed by atoms with Crippen molar-refractivity contribution in [3.05, 3.63) is 64.3 Å². The highest BCUT2D eigenvalue weighted by molar-refractivity contribution is 7.89. The highest BCUT2D eigenvalue weighted by Crippen LogP contribution is 2.27. The summed E-state index contributed by atoms with van der Waals surface area (Å²) in [6.45, 7) is 5.01. The number of anilines is 2. The van der Waals surface area contributed by atoms with E-state index in [4.69, 9.17) is 16.3 Å². The Balaban J connectivity index is 1.81. The largest absolute Gasteiger partial charge is 0.379 e. The molecule has 0 aliphatic carbocycles. The number of hydrogen-bond donors (Lipinski definition) is 2. The number of nitrogens with zero attached hydrogens (tertiary/aromatic N) is 2. The van der Waals surface area contributed by atoms with Crippen LogP contribution in [0.1, 0.15) is 11.1 Å². The number of hydrogen-bond acceptors (Lipinski definition) is 6. The van der Waals surface area contributed by atoms with Gasteiger partial charge in [0.1, 0.15) is 11.6 Å². The summed E-state index contributed by atoms with van der Waals surface area (Å²) in [5, 5.41) is 15.2. The van der Waals surface area contributed by atoms with Crippen molar-refractivity contribution in [1.29, 1.82) is 5.26 Å². The first-order valence-electron chi connectivity index (χ1n) is 9.86. The molecule has 1 saturated heterocycles. The van der Waals surface area contributed by atoms with E-state index in [1.54, 1.807) is 6.07 Å². The lowest BCUT2D eigenvalue weighted by molar-refractivity contribution is -0.112.